The third-order valence-electron chi connectivity index (χ3n) is 4.17. The number of ether oxygens (including phenoxy) is 2. The van der Waals surface area contributed by atoms with Crippen LogP contribution in [0.2, 0.25) is 0 Å². The fraction of sp³-hybridized carbons (Fsp3) is 0.368. The first-order valence-electron chi connectivity index (χ1n) is 8.25. The van der Waals surface area contributed by atoms with Crippen molar-refractivity contribution in [3.05, 3.63) is 53.5 Å². The number of fused-ring (bicyclic) bond motifs is 3. The average molecular weight is 508 g/mol. The topological polar surface area (TPSA) is 72.2 Å². The molecule has 0 radical (unpaired) electrons. The molecule has 2 aromatic rings. The quantitative estimate of drug-likeness (QED) is 0.453. The first-order chi connectivity index (χ1) is 11.8. The summed E-state index contributed by atoms with van der Waals surface area (Å²) in [5.41, 5.74) is 9.18. The van der Waals surface area contributed by atoms with Gasteiger partial charge in [0.1, 0.15) is 23.9 Å². The maximum Gasteiger partial charge on any atom is 2.00 e. The van der Waals surface area contributed by atoms with Gasteiger partial charge in [-0.2, -0.15) is 0 Å². The van der Waals surface area contributed by atoms with Crippen LogP contribution in [0.25, 0.3) is 5.73 Å². The Hall–Kier alpha value is -1.71. The van der Waals surface area contributed by atoms with E-state index in [1.807, 2.05) is 32.0 Å². The molecule has 0 spiro atoms. The maximum absolute atomic E-state index is 10.9. The van der Waals surface area contributed by atoms with Crippen molar-refractivity contribution in [3.63, 3.8) is 0 Å². The summed E-state index contributed by atoms with van der Waals surface area (Å²) in [6.45, 7) is 4.27. The predicted molar refractivity (Wildman–Crippen MR) is 90.5 cm³/mol. The Balaban J connectivity index is 0.000000726. The minimum absolute atomic E-state index is 0. The van der Waals surface area contributed by atoms with E-state index < -0.39 is 0 Å². The number of pyridine rings is 1. The Morgan fingerprint density at radius 2 is 2.16 bits per heavy atom. The average Bonchev–Trinajstić information content (AvgIpc) is 3.20. The van der Waals surface area contributed by atoms with Crippen molar-refractivity contribution < 1.29 is 35.3 Å². The summed E-state index contributed by atoms with van der Waals surface area (Å²) in [6, 6.07) is 7.45. The van der Waals surface area contributed by atoms with Gasteiger partial charge in [0.05, 0.1) is 5.92 Å². The third-order valence-corrected chi connectivity index (χ3v) is 4.17. The van der Waals surface area contributed by atoms with Crippen LogP contribution in [0.1, 0.15) is 30.9 Å². The van der Waals surface area contributed by atoms with Gasteiger partial charge in [-0.05, 0) is 18.2 Å². The largest absolute Gasteiger partial charge is 2.00 e. The molecule has 1 aliphatic carbocycles. The van der Waals surface area contributed by atoms with Crippen LogP contribution in [-0.4, -0.2) is 23.9 Å². The molecule has 0 amide bonds. The Bertz CT molecular complexity index is 738. The van der Waals surface area contributed by atoms with E-state index in [2.05, 4.69) is 11.2 Å². The van der Waals surface area contributed by atoms with Gasteiger partial charge in [0.15, 0.2) is 0 Å². The van der Waals surface area contributed by atoms with Crippen molar-refractivity contribution in [2.75, 3.05) is 6.54 Å². The van der Waals surface area contributed by atoms with Gasteiger partial charge in [-0.3, -0.25) is 0 Å². The van der Waals surface area contributed by atoms with Crippen molar-refractivity contribution in [2.45, 2.75) is 32.3 Å². The normalized spacial score (nSPS) is 21.5. The maximum atomic E-state index is 10.9. The zero-order chi connectivity index (χ0) is 17.1. The number of nitrogens with zero attached hydrogens (tertiary/aromatic N) is 1. The molecule has 1 aromatic carbocycles. The molecule has 25 heavy (non-hydrogen) atoms. The van der Waals surface area contributed by atoms with Crippen LogP contribution in [0.4, 0.5) is 0 Å². The number of carbonyl (C=O) groups is 1. The van der Waals surface area contributed by atoms with Crippen molar-refractivity contribution in [2.24, 2.45) is 5.92 Å². The van der Waals surface area contributed by atoms with Crippen LogP contribution in [0.3, 0.4) is 0 Å². The summed E-state index contributed by atoms with van der Waals surface area (Å²) in [6.07, 6.45) is 6.03. The van der Waals surface area contributed by atoms with Crippen molar-refractivity contribution in [1.29, 1.82) is 0 Å². The second-order valence-corrected chi connectivity index (χ2v) is 5.52. The van der Waals surface area contributed by atoms with Crippen molar-refractivity contribution in [3.8, 4) is 17.2 Å². The summed E-state index contributed by atoms with van der Waals surface area (Å²) in [5.74, 6) is 2.36. The summed E-state index contributed by atoms with van der Waals surface area (Å²) in [7, 11) is 0. The molecule has 1 aromatic heterocycles. The van der Waals surface area contributed by atoms with E-state index in [-0.39, 0.29) is 45.5 Å². The Morgan fingerprint density at radius 3 is 2.88 bits per heavy atom. The van der Waals surface area contributed by atoms with Crippen LogP contribution >= 0.6 is 0 Å². The van der Waals surface area contributed by atoms with Gasteiger partial charge in [-0.1, -0.05) is 32.7 Å². The number of aromatic nitrogens is 1. The summed E-state index contributed by atoms with van der Waals surface area (Å²) >= 11 is 0. The summed E-state index contributed by atoms with van der Waals surface area (Å²) in [5, 5.41) is 0. The molecule has 5 nitrogen and oxygen atoms in total. The van der Waals surface area contributed by atoms with E-state index >= 15 is 0 Å². The van der Waals surface area contributed by atoms with Gasteiger partial charge in [0.25, 0.3) is 0 Å². The molecule has 130 valence electrons. The number of aldehydes is 1. The molecule has 2 aliphatic rings. The van der Waals surface area contributed by atoms with Crippen LogP contribution in [0.5, 0.6) is 17.2 Å². The number of rotatable bonds is 5. The van der Waals surface area contributed by atoms with Gasteiger partial charge in [0.2, 0.25) is 0 Å². The van der Waals surface area contributed by atoms with E-state index in [1.54, 1.807) is 12.3 Å². The summed E-state index contributed by atoms with van der Waals surface area (Å²) < 4.78 is 11.6. The number of hydrogen-bond donors (Lipinski definition) is 0. The molecule has 1 saturated carbocycles. The smallest absolute Gasteiger partial charge is 0.677 e. The van der Waals surface area contributed by atoms with E-state index in [4.69, 9.17) is 15.2 Å². The molecule has 3 unspecified atom stereocenters. The molecular formula is C19H20N2O3W. The standard InChI is InChI=1S/C17H14N2O3.C2H6.W/c18-5-3-10-8-19-6-4-14(10)21-11-1-2-15-12(7-11)16-13(9-20)17(16)22-15;1-2;/h1-2,4,6-7,9,13,16-18H,3,5H2;1-2H3;/q-2;;+2. The van der Waals surface area contributed by atoms with Gasteiger partial charge in [-0.25, -0.2) is 0 Å². The molecule has 3 atom stereocenters. The second-order valence-electron chi connectivity index (χ2n) is 5.52. The number of nitrogens with one attached hydrogen (secondary N) is 1. The van der Waals surface area contributed by atoms with E-state index in [1.165, 1.54) is 0 Å². The number of benzene rings is 1. The van der Waals surface area contributed by atoms with Gasteiger partial charge < -0.3 is 25.0 Å². The molecule has 1 fully saturated rings. The fourth-order valence-corrected chi connectivity index (χ4v) is 3.01. The van der Waals surface area contributed by atoms with E-state index in [9.17, 15) is 4.79 Å². The van der Waals surface area contributed by atoms with Gasteiger partial charge in [-0.15, -0.1) is 18.2 Å². The third kappa shape index (κ3) is 3.78. The second kappa shape index (κ2) is 8.59. The summed E-state index contributed by atoms with van der Waals surface area (Å²) in [4.78, 5) is 14.9. The predicted octanol–water partition coefficient (Wildman–Crippen LogP) is 3.97. The molecule has 0 bridgehead atoms. The Kier molecular flexibility index (Phi) is 6.74. The SMILES string of the molecule is CC.[NH-]CCc1[c-]nccc1Oc1ccc2c(c1)C1C(C=O)C1O2.[W+2]. The van der Waals surface area contributed by atoms with Gasteiger partial charge >= 0.3 is 21.1 Å². The molecule has 0 saturated heterocycles. The van der Waals surface area contributed by atoms with Crippen molar-refractivity contribution >= 4 is 6.29 Å². The van der Waals surface area contributed by atoms with Crippen LogP contribution in [0, 0.1) is 12.1 Å². The number of hydrogen-bond acceptors (Lipinski definition) is 4. The molecule has 2 heterocycles. The fourth-order valence-electron chi connectivity index (χ4n) is 3.01. The van der Waals surface area contributed by atoms with Crippen LogP contribution < -0.4 is 9.47 Å². The van der Waals surface area contributed by atoms with Crippen LogP contribution in [-0.2, 0) is 32.3 Å². The van der Waals surface area contributed by atoms with E-state index in [0.717, 1.165) is 23.2 Å². The molecule has 1 aliphatic heterocycles. The van der Waals surface area contributed by atoms with Crippen molar-refractivity contribution in [1.82, 2.24) is 4.98 Å². The first-order valence-corrected chi connectivity index (χ1v) is 8.25. The van der Waals surface area contributed by atoms with Crippen LogP contribution in [0.15, 0.2) is 30.5 Å². The minimum atomic E-state index is -0.0177. The zero-order valence-electron chi connectivity index (χ0n) is 14.2. The molecular weight excluding hydrogens is 488 g/mol. The Morgan fingerprint density at radius 1 is 1.36 bits per heavy atom. The van der Waals surface area contributed by atoms with Gasteiger partial charge in [0, 0.05) is 17.2 Å². The molecule has 6 heteroatoms. The Labute approximate surface area is 162 Å². The number of carbonyl (C=O) groups excluding carboxylic acids is 1. The van der Waals surface area contributed by atoms with E-state index in [0.29, 0.717) is 17.9 Å². The molecule has 1 N–H and O–H groups in total. The molecule has 4 rings (SSSR count). The minimum Gasteiger partial charge on any atom is -0.677 e. The first kappa shape index (κ1) is 19.6. The zero-order valence-corrected chi connectivity index (χ0v) is 17.1. The monoisotopic (exact) mass is 508 g/mol.